The molecule has 2 heterocycles. The number of nitrogens with zero attached hydrogens (tertiary/aromatic N) is 4. The number of hydrogen-bond acceptors (Lipinski definition) is 4. The molecule has 0 saturated carbocycles. The second-order valence-electron chi connectivity index (χ2n) is 13.5. The van der Waals surface area contributed by atoms with Crippen molar-refractivity contribution in [1.82, 2.24) is 15.0 Å². The van der Waals surface area contributed by atoms with Crippen molar-refractivity contribution in [2.24, 2.45) is 0 Å². The zero-order valence-corrected chi connectivity index (χ0v) is 29.5. The number of pyridine rings is 1. The summed E-state index contributed by atoms with van der Waals surface area (Å²) >= 11 is 0. The molecule has 2 aromatic heterocycles. The Balaban J connectivity index is 1.02. The van der Waals surface area contributed by atoms with Gasteiger partial charge < -0.3 is 0 Å². The largest absolute Gasteiger partial charge is 0.256 e. The lowest BCUT2D eigenvalue weighted by atomic mass is 9.93. The number of allylic oxidation sites excluding steroid dienone is 4. The van der Waals surface area contributed by atoms with E-state index in [9.17, 15) is 5.26 Å². The van der Waals surface area contributed by atoms with Crippen LogP contribution in [0.4, 0.5) is 0 Å². The average molecular weight is 691 g/mol. The summed E-state index contributed by atoms with van der Waals surface area (Å²) in [6, 6.07) is 56.8. The van der Waals surface area contributed by atoms with E-state index in [1.54, 1.807) is 6.20 Å². The predicted octanol–water partition coefficient (Wildman–Crippen LogP) is 12.6. The van der Waals surface area contributed by atoms with E-state index in [4.69, 9.17) is 9.97 Å². The summed E-state index contributed by atoms with van der Waals surface area (Å²) < 4.78 is 0. The number of benzene rings is 6. The highest BCUT2D eigenvalue weighted by molar-refractivity contribution is 5.92. The zero-order chi connectivity index (χ0) is 36.3. The van der Waals surface area contributed by atoms with E-state index in [2.05, 4.69) is 138 Å². The highest BCUT2D eigenvalue weighted by Crippen LogP contribution is 2.34. The molecule has 254 valence electrons. The number of rotatable bonds is 7. The first-order valence-corrected chi connectivity index (χ1v) is 18.2. The van der Waals surface area contributed by atoms with Crippen molar-refractivity contribution >= 4 is 16.3 Å². The second-order valence-corrected chi connectivity index (χ2v) is 13.5. The Morgan fingerprint density at radius 3 is 1.74 bits per heavy atom. The fraction of sp³-hybridized carbons (Fsp3) is 0.0400. The summed E-state index contributed by atoms with van der Waals surface area (Å²) in [5, 5.41) is 12.3. The first kappa shape index (κ1) is 32.7. The van der Waals surface area contributed by atoms with Gasteiger partial charge in [0.1, 0.15) is 0 Å². The van der Waals surface area contributed by atoms with E-state index < -0.39 is 0 Å². The third-order valence-electron chi connectivity index (χ3n) is 9.98. The van der Waals surface area contributed by atoms with Gasteiger partial charge in [0.15, 0.2) is 5.82 Å². The smallest absolute Gasteiger partial charge is 0.160 e. The quantitative estimate of drug-likeness (QED) is 0.167. The fourth-order valence-corrected chi connectivity index (χ4v) is 7.09. The van der Waals surface area contributed by atoms with Crippen LogP contribution in [0.3, 0.4) is 0 Å². The first-order chi connectivity index (χ1) is 26.7. The third-order valence-corrected chi connectivity index (χ3v) is 9.98. The molecule has 0 N–H and O–H groups in total. The van der Waals surface area contributed by atoms with Crippen molar-refractivity contribution in [3.63, 3.8) is 0 Å². The summed E-state index contributed by atoms with van der Waals surface area (Å²) in [6.45, 7) is 0. The Morgan fingerprint density at radius 1 is 0.444 bits per heavy atom. The highest BCUT2D eigenvalue weighted by Gasteiger charge is 2.13. The topological polar surface area (TPSA) is 62.5 Å². The van der Waals surface area contributed by atoms with Crippen molar-refractivity contribution in [2.45, 2.75) is 12.8 Å². The fourth-order valence-electron chi connectivity index (χ4n) is 7.09. The standard InChI is InChI=1S/C50H34N4/c51-33-34-27-44(36-14-20-40(21-15-36)47-13-7-8-26-52-47)31-45(28-34)43-25-19-37-18-24-42(29-46(37)30-43)35-16-22-41(23-17-35)50-53-48(38-9-3-1-4-10-38)32-49(54-50)39-11-5-2-6-12-39/h1,3-5,7-32H,2,6H2. The SMILES string of the molecule is N#Cc1cc(-c2ccc(-c3ccccn3)cc2)cc(-c2ccc3ccc(-c4ccc(-c5nc(C6=CCCC=C6)cc(-c6ccccc6)n5)cc4)cc3c2)c1. The Kier molecular flexibility index (Phi) is 8.73. The molecular weight excluding hydrogens is 657 g/mol. The summed E-state index contributed by atoms with van der Waals surface area (Å²) in [5.41, 5.74) is 14.0. The zero-order valence-electron chi connectivity index (χ0n) is 29.5. The van der Waals surface area contributed by atoms with E-state index in [0.717, 1.165) is 96.3 Å². The lowest BCUT2D eigenvalue weighted by molar-refractivity contribution is 1.03. The number of aromatic nitrogens is 3. The maximum atomic E-state index is 9.97. The molecule has 9 rings (SSSR count). The first-order valence-electron chi connectivity index (χ1n) is 18.2. The van der Waals surface area contributed by atoms with Crippen molar-refractivity contribution < 1.29 is 0 Å². The molecule has 0 aliphatic heterocycles. The van der Waals surface area contributed by atoms with Gasteiger partial charge in [-0.15, -0.1) is 0 Å². The minimum absolute atomic E-state index is 0.627. The van der Waals surface area contributed by atoms with Gasteiger partial charge in [-0.3, -0.25) is 4.98 Å². The maximum absolute atomic E-state index is 9.97. The summed E-state index contributed by atoms with van der Waals surface area (Å²) in [5.74, 6) is 0.712. The highest BCUT2D eigenvalue weighted by atomic mass is 14.9. The van der Waals surface area contributed by atoms with Gasteiger partial charge in [-0.05, 0) is 111 Å². The van der Waals surface area contributed by atoms with E-state index >= 15 is 0 Å². The van der Waals surface area contributed by atoms with Crippen LogP contribution in [0.25, 0.3) is 83.6 Å². The normalized spacial score (nSPS) is 12.3. The van der Waals surface area contributed by atoms with Crippen LogP contribution >= 0.6 is 0 Å². The van der Waals surface area contributed by atoms with Gasteiger partial charge in [-0.25, -0.2) is 9.97 Å². The van der Waals surface area contributed by atoms with E-state index in [-0.39, 0.29) is 0 Å². The molecule has 0 amide bonds. The summed E-state index contributed by atoms with van der Waals surface area (Å²) in [4.78, 5) is 14.5. The van der Waals surface area contributed by atoms with Crippen LogP contribution in [0.5, 0.6) is 0 Å². The van der Waals surface area contributed by atoms with Crippen molar-refractivity contribution in [3.8, 4) is 73.4 Å². The van der Waals surface area contributed by atoms with Crippen LogP contribution < -0.4 is 0 Å². The second kappa shape index (κ2) is 14.4. The number of fused-ring (bicyclic) bond motifs is 1. The van der Waals surface area contributed by atoms with E-state index in [1.165, 1.54) is 0 Å². The van der Waals surface area contributed by atoms with Crippen LogP contribution in [0.2, 0.25) is 0 Å². The maximum Gasteiger partial charge on any atom is 0.160 e. The molecule has 0 radical (unpaired) electrons. The predicted molar refractivity (Wildman–Crippen MR) is 221 cm³/mol. The van der Waals surface area contributed by atoms with Gasteiger partial charge >= 0.3 is 0 Å². The molecule has 6 aromatic carbocycles. The Labute approximate surface area is 315 Å². The van der Waals surface area contributed by atoms with Crippen molar-refractivity contribution in [2.75, 3.05) is 0 Å². The molecule has 8 aromatic rings. The average Bonchev–Trinajstić information content (AvgIpc) is 3.26. The minimum atomic E-state index is 0.627. The van der Waals surface area contributed by atoms with Crippen molar-refractivity contribution in [1.29, 1.82) is 5.26 Å². The summed E-state index contributed by atoms with van der Waals surface area (Å²) in [7, 11) is 0. The monoisotopic (exact) mass is 690 g/mol. The van der Waals surface area contributed by atoms with Gasteiger partial charge in [0, 0.05) is 22.9 Å². The van der Waals surface area contributed by atoms with E-state index in [1.807, 2.05) is 48.5 Å². The van der Waals surface area contributed by atoms with E-state index in [0.29, 0.717) is 11.4 Å². The van der Waals surface area contributed by atoms with Gasteiger partial charge in [0.05, 0.1) is 28.7 Å². The lowest BCUT2D eigenvalue weighted by Gasteiger charge is -2.12. The molecule has 0 spiro atoms. The molecule has 4 heteroatoms. The molecule has 0 atom stereocenters. The number of nitriles is 1. The molecule has 1 aliphatic carbocycles. The molecule has 0 fully saturated rings. The van der Waals surface area contributed by atoms with Crippen LogP contribution in [0.15, 0.2) is 182 Å². The Morgan fingerprint density at radius 2 is 1.06 bits per heavy atom. The summed E-state index contributed by atoms with van der Waals surface area (Å²) in [6.07, 6.45) is 10.5. The molecule has 4 nitrogen and oxygen atoms in total. The van der Waals surface area contributed by atoms with Crippen LogP contribution in [0.1, 0.15) is 24.1 Å². The van der Waals surface area contributed by atoms with Gasteiger partial charge in [0.2, 0.25) is 0 Å². The minimum Gasteiger partial charge on any atom is -0.256 e. The van der Waals surface area contributed by atoms with Crippen molar-refractivity contribution in [3.05, 3.63) is 193 Å². The molecule has 0 unspecified atom stereocenters. The molecular formula is C50H34N4. The Bertz CT molecular complexity index is 2740. The molecule has 0 bridgehead atoms. The third kappa shape index (κ3) is 6.75. The van der Waals surface area contributed by atoms with Crippen LogP contribution in [0, 0.1) is 11.3 Å². The molecule has 54 heavy (non-hydrogen) atoms. The van der Waals surface area contributed by atoms with Crippen LogP contribution in [-0.4, -0.2) is 15.0 Å². The van der Waals surface area contributed by atoms with Gasteiger partial charge in [0.25, 0.3) is 0 Å². The molecule has 0 saturated heterocycles. The van der Waals surface area contributed by atoms with Gasteiger partial charge in [-0.2, -0.15) is 5.26 Å². The molecule has 1 aliphatic rings. The number of hydrogen-bond donors (Lipinski definition) is 0. The lowest BCUT2D eigenvalue weighted by Crippen LogP contribution is -1.98. The Hall–Kier alpha value is -7.22. The van der Waals surface area contributed by atoms with Gasteiger partial charge in [-0.1, -0.05) is 127 Å². The van der Waals surface area contributed by atoms with Crippen LogP contribution in [-0.2, 0) is 0 Å².